The Hall–Kier alpha value is -0.810. The Kier molecular flexibility index (Phi) is 11.1. The molecule has 23 heavy (non-hydrogen) atoms. The fourth-order valence-electron chi connectivity index (χ4n) is 3.04. The Balaban J connectivity index is 2.08. The summed E-state index contributed by atoms with van der Waals surface area (Å²) in [5.41, 5.74) is 5.97. The fourth-order valence-corrected chi connectivity index (χ4v) is 3.04. The van der Waals surface area contributed by atoms with E-state index in [1.54, 1.807) is 0 Å². The van der Waals surface area contributed by atoms with Crippen molar-refractivity contribution < 1.29 is 0 Å². The van der Waals surface area contributed by atoms with E-state index in [1.165, 1.54) is 51.6 Å². The van der Waals surface area contributed by atoms with Gasteiger partial charge in [0.15, 0.2) is 5.96 Å². The van der Waals surface area contributed by atoms with Gasteiger partial charge < -0.3 is 16.0 Å². The van der Waals surface area contributed by atoms with Crippen LogP contribution in [0.25, 0.3) is 0 Å². The lowest BCUT2D eigenvalue weighted by Gasteiger charge is -2.37. The number of likely N-dealkylation sites (N-methyl/N-ethyl adjacent to an activating group) is 1. The molecule has 0 aromatic rings. The second-order valence-corrected chi connectivity index (χ2v) is 6.74. The number of nitrogens with zero attached hydrogens (tertiary/aromatic N) is 3. The molecule has 0 aromatic carbocycles. The zero-order valence-corrected chi connectivity index (χ0v) is 15.7. The molecule has 1 unspecified atom stereocenters. The number of aliphatic imine (C=N–C) groups is 1. The molecule has 0 bridgehead atoms. The lowest BCUT2D eigenvalue weighted by molar-refractivity contribution is 0.109. The van der Waals surface area contributed by atoms with E-state index in [0.717, 1.165) is 32.7 Å². The maximum atomic E-state index is 5.97. The van der Waals surface area contributed by atoms with Crippen LogP contribution in [0.3, 0.4) is 0 Å². The van der Waals surface area contributed by atoms with Crippen molar-refractivity contribution in [2.45, 2.75) is 65.3 Å². The topological polar surface area (TPSA) is 56.9 Å². The molecule has 5 heteroatoms. The van der Waals surface area contributed by atoms with Crippen molar-refractivity contribution in [1.82, 2.24) is 15.1 Å². The average molecular weight is 326 g/mol. The summed E-state index contributed by atoms with van der Waals surface area (Å²) in [4.78, 5) is 9.54. The number of hydrogen-bond donors (Lipinski definition) is 2. The van der Waals surface area contributed by atoms with Gasteiger partial charge in [0, 0.05) is 38.8 Å². The molecule has 0 spiro atoms. The molecule has 3 N–H and O–H groups in total. The molecule has 136 valence electrons. The monoisotopic (exact) mass is 325 g/mol. The number of unbranched alkanes of at least 4 members (excludes halogenated alkanes) is 5. The van der Waals surface area contributed by atoms with Crippen LogP contribution >= 0.6 is 0 Å². The zero-order chi connectivity index (χ0) is 16.9. The van der Waals surface area contributed by atoms with E-state index >= 15 is 0 Å². The fraction of sp³-hybridized carbons (Fsp3) is 0.944. The van der Waals surface area contributed by atoms with Gasteiger partial charge in [-0.2, -0.15) is 0 Å². The van der Waals surface area contributed by atoms with E-state index in [4.69, 9.17) is 5.73 Å². The van der Waals surface area contributed by atoms with Crippen LogP contribution in [-0.2, 0) is 0 Å². The van der Waals surface area contributed by atoms with Gasteiger partial charge in [-0.3, -0.25) is 9.89 Å². The summed E-state index contributed by atoms with van der Waals surface area (Å²) in [5.74, 6) is 0.609. The summed E-state index contributed by atoms with van der Waals surface area (Å²) in [5, 5.41) is 3.25. The van der Waals surface area contributed by atoms with Crippen LogP contribution in [0.15, 0.2) is 4.99 Å². The lowest BCUT2D eigenvalue weighted by atomic mass is 10.1. The van der Waals surface area contributed by atoms with Crippen molar-refractivity contribution >= 4 is 5.96 Å². The summed E-state index contributed by atoms with van der Waals surface area (Å²) in [7, 11) is 0. The molecule has 1 aliphatic heterocycles. The highest BCUT2D eigenvalue weighted by molar-refractivity contribution is 5.77. The van der Waals surface area contributed by atoms with Crippen LogP contribution < -0.4 is 11.1 Å². The third kappa shape index (κ3) is 9.16. The minimum absolute atomic E-state index is 0.475. The molecule has 5 nitrogen and oxygen atoms in total. The molecule has 1 rings (SSSR count). The molecule has 0 radical (unpaired) electrons. The van der Waals surface area contributed by atoms with E-state index in [0.29, 0.717) is 12.0 Å². The van der Waals surface area contributed by atoms with Gasteiger partial charge in [-0.1, -0.05) is 46.0 Å². The molecule has 0 amide bonds. The van der Waals surface area contributed by atoms with Crippen molar-refractivity contribution in [3.63, 3.8) is 0 Å². The van der Waals surface area contributed by atoms with Gasteiger partial charge in [-0.15, -0.1) is 0 Å². The summed E-state index contributed by atoms with van der Waals surface area (Å²) in [6, 6.07) is 0.475. The Labute approximate surface area is 143 Å². The molecule has 1 fully saturated rings. The van der Waals surface area contributed by atoms with Crippen molar-refractivity contribution in [2.75, 3.05) is 45.8 Å². The minimum atomic E-state index is 0.475. The summed E-state index contributed by atoms with van der Waals surface area (Å²) < 4.78 is 0. The zero-order valence-electron chi connectivity index (χ0n) is 15.7. The van der Waals surface area contributed by atoms with Gasteiger partial charge in [-0.25, -0.2) is 0 Å². The van der Waals surface area contributed by atoms with E-state index in [9.17, 15) is 0 Å². The van der Waals surface area contributed by atoms with Crippen molar-refractivity contribution in [3.05, 3.63) is 0 Å². The van der Waals surface area contributed by atoms with Crippen LogP contribution in [0, 0.1) is 0 Å². The normalized spacial score (nSPS) is 19.0. The summed E-state index contributed by atoms with van der Waals surface area (Å²) in [6.45, 7) is 14.3. The van der Waals surface area contributed by atoms with Gasteiger partial charge >= 0.3 is 0 Å². The number of hydrogen-bond acceptors (Lipinski definition) is 3. The molecule has 1 atom stereocenters. The first kappa shape index (κ1) is 20.2. The molecule has 0 aliphatic carbocycles. The molecular formula is C18H39N5. The average Bonchev–Trinajstić information content (AvgIpc) is 2.59. The van der Waals surface area contributed by atoms with Crippen LogP contribution in [0.4, 0.5) is 0 Å². The molecule has 0 aromatic heterocycles. The SMILES string of the molecule is CCCCCCCCNC(N)=NCC(C)N1CCN(CC)CC1. The molecule has 1 saturated heterocycles. The lowest BCUT2D eigenvalue weighted by Crippen LogP contribution is -2.50. The number of piperazine rings is 1. The van der Waals surface area contributed by atoms with Gasteiger partial charge in [0.25, 0.3) is 0 Å². The second kappa shape index (κ2) is 12.6. The molecular weight excluding hydrogens is 286 g/mol. The van der Waals surface area contributed by atoms with Gasteiger partial charge in [-0.05, 0) is 19.9 Å². The predicted molar refractivity (Wildman–Crippen MR) is 101 cm³/mol. The first-order chi connectivity index (χ1) is 11.2. The number of guanidine groups is 1. The first-order valence-electron chi connectivity index (χ1n) is 9.67. The first-order valence-corrected chi connectivity index (χ1v) is 9.67. The standard InChI is InChI=1S/C18H39N5/c1-4-6-7-8-9-10-11-20-18(19)21-16-17(3)23-14-12-22(5-2)13-15-23/h17H,4-16H2,1-3H3,(H3,19,20,21). The highest BCUT2D eigenvalue weighted by atomic mass is 15.3. The Morgan fingerprint density at radius 1 is 1.04 bits per heavy atom. The van der Waals surface area contributed by atoms with E-state index in [-0.39, 0.29) is 0 Å². The third-order valence-electron chi connectivity index (χ3n) is 4.84. The Morgan fingerprint density at radius 3 is 2.35 bits per heavy atom. The molecule has 0 saturated carbocycles. The second-order valence-electron chi connectivity index (χ2n) is 6.74. The predicted octanol–water partition coefficient (Wildman–Crippen LogP) is 2.28. The minimum Gasteiger partial charge on any atom is -0.370 e. The van der Waals surface area contributed by atoms with Crippen molar-refractivity contribution in [2.24, 2.45) is 10.7 Å². The smallest absolute Gasteiger partial charge is 0.188 e. The highest BCUT2D eigenvalue weighted by Gasteiger charge is 2.19. The van der Waals surface area contributed by atoms with Crippen LogP contribution in [0.1, 0.15) is 59.3 Å². The van der Waals surface area contributed by atoms with Gasteiger partial charge in [0.2, 0.25) is 0 Å². The number of nitrogens with one attached hydrogen (secondary N) is 1. The highest BCUT2D eigenvalue weighted by Crippen LogP contribution is 2.06. The van der Waals surface area contributed by atoms with Crippen molar-refractivity contribution in [3.8, 4) is 0 Å². The number of nitrogens with two attached hydrogens (primary N) is 1. The van der Waals surface area contributed by atoms with Gasteiger partial charge in [0.1, 0.15) is 0 Å². The maximum Gasteiger partial charge on any atom is 0.188 e. The Morgan fingerprint density at radius 2 is 1.70 bits per heavy atom. The van der Waals surface area contributed by atoms with Crippen molar-refractivity contribution in [1.29, 1.82) is 0 Å². The van der Waals surface area contributed by atoms with Crippen LogP contribution in [-0.4, -0.2) is 67.6 Å². The van der Waals surface area contributed by atoms with Gasteiger partial charge in [0.05, 0.1) is 6.54 Å². The third-order valence-corrected chi connectivity index (χ3v) is 4.84. The number of rotatable bonds is 11. The maximum absolute atomic E-state index is 5.97. The van der Waals surface area contributed by atoms with E-state index < -0.39 is 0 Å². The van der Waals surface area contributed by atoms with Crippen LogP contribution in [0.2, 0.25) is 0 Å². The van der Waals surface area contributed by atoms with Crippen LogP contribution in [0.5, 0.6) is 0 Å². The quantitative estimate of drug-likeness (QED) is 0.348. The summed E-state index contributed by atoms with van der Waals surface area (Å²) in [6.07, 6.45) is 7.86. The summed E-state index contributed by atoms with van der Waals surface area (Å²) >= 11 is 0. The molecule has 1 heterocycles. The largest absolute Gasteiger partial charge is 0.370 e. The molecule has 1 aliphatic rings. The Bertz CT molecular complexity index is 311. The van der Waals surface area contributed by atoms with E-state index in [1.807, 2.05) is 0 Å². The van der Waals surface area contributed by atoms with E-state index in [2.05, 4.69) is 40.9 Å².